The average molecular weight is 448 g/mol. The quantitative estimate of drug-likeness (QED) is 0.783. The second-order valence-electron chi connectivity index (χ2n) is 9.73. The van der Waals surface area contributed by atoms with Crippen LogP contribution >= 0.6 is 0 Å². The van der Waals surface area contributed by atoms with Crippen LogP contribution in [0.5, 0.6) is 0 Å². The summed E-state index contributed by atoms with van der Waals surface area (Å²) in [6, 6.07) is 3.90. The highest BCUT2D eigenvalue weighted by Crippen LogP contribution is 2.34. The molecule has 2 aromatic rings. The van der Waals surface area contributed by atoms with Crippen LogP contribution in [0.2, 0.25) is 0 Å². The summed E-state index contributed by atoms with van der Waals surface area (Å²) in [5.41, 5.74) is 1.81. The van der Waals surface area contributed by atoms with Gasteiger partial charge in [0.05, 0.1) is 5.25 Å². The second-order valence-corrected chi connectivity index (χ2v) is 11.9. The van der Waals surface area contributed by atoms with Crippen molar-refractivity contribution in [3.8, 4) is 0 Å². The fourth-order valence-corrected chi connectivity index (χ4v) is 6.50. The van der Waals surface area contributed by atoms with Crippen molar-refractivity contribution in [2.45, 2.75) is 56.7 Å². The number of fused-ring (bicyclic) bond motifs is 1. The van der Waals surface area contributed by atoms with Crippen molar-refractivity contribution >= 4 is 27.1 Å². The number of carbonyl (C=O) groups is 1. The van der Waals surface area contributed by atoms with E-state index in [0.717, 1.165) is 23.9 Å². The molecule has 9 heteroatoms. The van der Waals surface area contributed by atoms with Crippen LogP contribution in [0.1, 0.15) is 51.5 Å². The lowest BCUT2D eigenvalue weighted by atomic mass is 9.90. The molecule has 2 aliphatic heterocycles. The molecule has 0 spiro atoms. The number of amides is 2. The highest BCUT2D eigenvalue weighted by Gasteiger charge is 2.41. The predicted octanol–water partition coefficient (Wildman–Crippen LogP) is 3.00. The molecule has 4 rings (SSSR count). The number of H-pyrrole nitrogens is 1. The molecule has 2 saturated heterocycles. The first-order valence-corrected chi connectivity index (χ1v) is 12.5. The molecule has 2 aliphatic rings. The van der Waals surface area contributed by atoms with Gasteiger partial charge in [-0.05, 0) is 63.6 Å². The van der Waals surface area contributed by atoms with E-state index in [1.807, 2.05) is 33.0 Å². The number of rotatable bonds is 3. The normalized spacial score (nSPS) is 21.7. The summed E-state index contributed by atoms with van der Waals surface area (Å²) in [7, 11) is -1.65. The summed E-state index contributed by atoms with van der Waals surface area (Å²) >= 11 is 0. The van der Waals surface area contributed by atoms with E-state index in [9.17, 15) is 13.2 Å². The molecule has 0 aromatic carbocycles. The van der Waals surface area contributed by atoms with Gasteiger partial charge in [0.25, 0.3) is 0 Å². The van der Waals surface area contributed by atoms with Crippen molar-refractivity contribution in [1.82, 2.24) is 24.1 Å². The molecule has 1 N–H and O–H groups in total. The van der Waals surface area contributed by atoms with Crippen LogP contribution in [0.4, 0.5) is 4.79 Å². The van der Waals surface area contributed by atoms with Gasteiger partial charge < -0.3 is 14.8 Å². The minimum atomic E-state index is -3.42. The maximum atomic E-state index is 13.3. The van der Waals surface area contributed by atoms with Gasteiger partial charge in [-0.1, -0.05) is 0 Å². The predicted molar refractivity (Wildman–Crippen MR) is 121 cm³/mol. The lowest BCUT2D eigenvalue weighted by Crippen LogP contribution is -2.50. The van der Waals surface area contributed by atoms with E-state index < -0.39 is 15.3 Å². The summed E-state index contributed by atoms with van der Waals surface area (Å²) in [6.45, 7) is 7.73. The van der Waals surface area contributed by atoms with Gasteiger partial charge in [-0.2, -0.15) is 0 Å². The van der Waals surface area contributed by atoms with Crippen molar-refractivity contribution < 1.29 is 13.2 Å². The number of hydrogen-bond acceptors (Lipinski definition) is 4. The maximum absolute atomic E-state index is 13.3. The van der Waals surface area contributed by atoms with Crippen molar-refractivity contribution in [1.29, 1.82) is 0 Å². The Morgan fingerprint density at radius 2 is 1.90 bits per heavy atom. The number of nitrogens with one attached hydrogen (secondary N) is 1. The summed E-state index contributed by atoms with van der Waals surface area (Å²) in [6.07, 6.45) is 5.87. The fraction of sp³-hybridized carbons (Fsp3) is 0.636. The first kappa shape index (κ1) is 22.1. The van der Waals surface area contributed by atoms with Gasteiger partial charge in [0.15, 0.2) is 0 Å². The van der Waals surface area contributed by atoms with Gasteiger partial charge in [-0.25, -0.2) is 22.5 Å². The first-order chi connectivity index (χ1) is 14.6. The molecule has 4 heterocycles. The van der Waals surface area contributed by atoms with Gasteiger partial charge in [-0.15, -0.1) is 0 Å². The first-order valence-electron chi connectivity index (χ1n) is 11.0. The van der Waals surface area contributed by atoms with Crippen LogP contribution in [0.25, 0.3) is 11.0 Å². The average Bonchev–Trinajstić information content (AvgIpc) is 3.40. The molecule has 0 aliphatic carbocycles. The molecule has 2 fully saturated rings. The molecular weight excluding hydrogens is 414 g/mol. The smallest absolute Gasteiger partial charge is 0.320 e. The van der Waals surface area contributed by atoms with Crippen LogP contribution in [0.15, 0.2) is 24.5 Å². The van der Waals surface area contributed by atoms with Gasteiger partial charge >= 0.3 is 6.03 Å². The van der Waals surface area contributed by atoms with E-state index in [0.29, 0.717) is 32.0 Å². The zero-order valence-corrected chi connectivity index (χ0v) is 19.7. The summed E-state index contributed by atoms with van der Waals surface area (Å²) in [4.78, 5) is 23.7. The Morgan fingerprint density at radius 1 is 1.19 bits per heavy atom. The van der Waals surface area contributed by atoms with E-state index in [4.69, 9.17) is 0 Å². The SMILES string of the molecule is CN(C(=O)N1CCC(S(=O)(=O)N2CCC(c3c[nH]c4ncccc34)CC2)C1)C(C)(C)C. The number of hydrogen-bond donors (Lipinski definition) is 1. The Kier molecular flexibility index (Phi) is 5.76. The number of likely N-dealkylation sites (tertiary alicyclic amines) is 1. The summed E-state index contributed by atoms with van der Waals surface area (Å²) < 4.78 is 28.2. The van der Waals surface area contributed by atoms with Gasteiger partial charge in [-0.3, -0.25) is 0 Å². The molecule has 0 radical (unpaired) electrons. The highest BCUT2D eigenvalue weighted by molar-refractivity contribution is 7.89. The molecule has 2 aromatic heterocycles. The minimum absolute atomic E-state index is 0.100. The summed E-state index contributed by atoms with van der Waals surface area (Å²) in [5, 5.41) is 0.607. The summed E-state index contributed by atoms with van der Waals surface area (Å²) in [5.74, 6) is 0.325. The second kappa shape index (κ2) is 8.09. The van der Waals surface area contributed by atoms with Crippen LogP contribution in [0.3, 0.4) is 0 Å². The van der Waals surface area contributed by atoms with E-state index in [-0.39, 0.29) is 18.1 Å². The number of carbonyl (C=O) groups excluding carboxylic acids is 1. The van der Waals surface area contributed by atoms with E-state index in [1.54, 1.807) is 27.3 Å². The molecule has 0 saturated carbocycles. The van der Waals surface area contributed by atoms with Gasteiger partial charge in [0.2, 0.25) is 10.0 Å². The Hall–Kier alpha value is -2.13. The monoisotopic (exact) mass is 447 g/mol. The Bertz CT molecular complexity index is 1050. The Labute approximate surface area is 184 Å². The van der Waals surface area contributed by atoms with Crippen molar-refractivity contribution in [3.05, 3.63) is 30.1 Å². The number of nitrogens with zero attached hydrogens (tertiary/aromatic N) is 4. The lowest BCUT2D eigenvalue weighted by Gasteiger charge is -2.35. The minimum Gasteiger partial charge on any atom is -0.346 e. The third-order valence-corrected chi connectivity index (χ3v) is 9.18. The molecule has 170 valence electrons. The molecule has 1 atom stereocenters. The molecule has 31 heavy (non-hydrogen) atoms. The van der Waals surface area contributed by atoms with E-state index in [2.05, 4.69) is 16.0 Å². The number of sulfonamides is 1. The Balaban J connectivity index is 1.39. The van der Waals surface area contributed by atoms with E-state index >= 15 is 0 Å². The number of urea groups is 1. The lowest BCUT2D eigenvalue weighted by molar-refractivity contribution is 0.134. The standard InChI is InChI=1S/C22H33N5O3S/c1-22(2,3)25(4)21(28)26-11-9-17(15-26)31(29,30)27-12-7-16(8-13-27)19-14-24-20-18(19)6-5-10-23-20/h5-6,10,14,16-17H,7-9,11-13,15H2,1-4H3,(H,23,24). The van der Waals surface area contributed by atoms with Crippen LogP contribution < -0.4 is 0 Å². The molecule has 8 nitrogen and oxygen atoms in total. The molecule has 2 amide bonds. The van der Waals surface area contributed by atoms with Crippen molar-refractivity contribution in [2.75, 3.05) is 33.2 Å². The Morgan fingerprint density at radius 3 is 2.58 bits per heavy atom. The van der Waals surface area contributed by atoms with Crippen LogP contribution in [0, 0.1) is 0 Å². The van der Waals surface area contributed by atoms with E-state index in [1.165, 1.54) is 5.56 Å². The van der Waals surface area contributed by atoms with Gasteiger partial charge in [0.1, 0.15) is 5.65 Å². The molecule has 0 bridgehead atoms. The maximum Gasteiger partial charge on any atom is 0.320 e. The van der Waals surface area contributed by atoms with Crippen LogP contribution in [-0.2, 0) is 10.0 Å². The van der Waals surface area contributed by atoms with Crippen molar-refractivity contribution in [2.24, 2.45) is 0 Å². The number of aromatic nitrogens is 2. The molecular formula is C22H33N5O3S. The topological polar surface area (TPSA) is 89.6 Å². The zero-order chi connectivity index (χ0) is 22.4. The number of aromatic amines is 1. The van der Waals surface area contributed by atoms with Crippen molar-refractivity contribution in [3.63, 3.8) is 0 Å². The number of pyridine rings is 1. The number of piperidine rings is 1. The third kappa shape index (κ3) is 4.17. The highest BCUT2D eigenvalue weighted by atomic mass is 32.2. The zero-order valence-electron chi connectivity index (χ0n) is 18.8. The third-order valence-electron chi connectivity index (χ3n) is 6.87. The fourth-order valence-electron chi connectivity index (χ4n) is 4.59. The van der Waals surface area contributed by atoms with Gasteiger partial charge in [0, 0.05) is 56.5 Å². The van der Waals surface area contributed by atoms with Crippen LogP contribution in [-0.4, -0.2) is 82.5 Å². The molecule has 1 unspecified atom stereocenters. The largest absolute Gasteiger partial charge is 0.346 e.